The minimum absolute atomic E-state index is 0.00312. The number of unbranched alkanes of at least 4 members (excludes halogenated alkanes) is 13. The van der Waals surface area contributed by atoms with Crippen molar-refractivity contribution in [3.8, 4) is 11.8 Å². The molecule has 0 aromatic heterocycles. The van der Waals surface area contributed by atoms with Crippen LogP contribution in [0.3, 0.4) is 0 Å². The molecule has 166 valence electrons. The molecule has 0 spiro atoms. The molecule has 0 saturated carbocycles. The largest absolute Gasteiger partial charge is 0.469 e. The summed E-state index contributed by atoms with van der Waals surface area (Å²) in [7, 11) is -4.40. The lowest BCUT2D eigenvalue weighted by Crippen LogP contribution is -2.10. The van der Waals surface area contributed by atoms with E-state index in [0.29, 0.717) is 0 Å². The molecule has 0 heterocycles. The number of phosphoric acid groups is 1. The zero-order valence-electron chi connectivity index (χ0n) is 18.2. The van der Waals surface area contributed by atoms with E-state index in [0.717, 1.165) is 11.5 Å². The number of hydrogen-bond acceptors (Lipinski definition) is 3. The van der Waals surface area contributed by atoms with Crippen molar-refractivity contribution in [2.24, 2.45) is 5.92 Å². The highest BCUT2D eigenvalue weighted by Crippen LogP contribution is 2.36. The van der Waals surface area contributed by atoms with Gasteiger partial charge in [0.15, 0.2) is 0 Å². The van der Waals surface area contributed by atoms with Gasteiger partial charge in [-0.3, -0.25) is 4.52 Å². The smallest absolute Gasteiger partial charge is 0.303 e. The monoisotopic (exact) mass is 434 g/mol. The molecular formula is C22H43O4PS. The van der Waals surface area contributed by atoms with Crippen LogP contribution in [0.4, 0.5) is 0 Å². The van der Waals surface area contributed by atoms with Crippen LogP contribution in [0.2, 0.25) is 0 Å². The van der Waals surface area contributed by atoms with E-state index in [9.17, 15) is 4.57 Å². The van der Waals surface area contributed by atoms with Crippen molar-refractivity contribution in [3.05, 3.63) is 0 Å². The van der Waals surface area contributed by atoms with Crippen molar-refractivity contribution in [3.63, 3.8) is 0 Å². The Hall–Kier alpha value is 0.0200. The second-order valence-electron chi connectivity index (χ2n) is 7.55. The molecule has 0 bridgehead atoms. The molecule has 0 aromatic carbocycles. The summed E-state index contributed by atoms with van der Waals surface area (Å²) in [5.41, 5.74) is 0. The molecule has 0 aliphatic rings. The Kier molecular flexibility index (Phi) is 20.3. The van der Waals surface area contributed by atoms with Crippen molar-refractivity contribution in [2.75, 3.05) is 18.1 Å². The molecule has 1 unspecified atom stereocenters. The van der Waals surface area contributed by atoms with E-state index in [2.05, 4.69) is 23.3 Å². The van der Waals surface area contributed by atoms with Crippen LogP contribution in [-0.4, -0.2) is 27.9 Å². The summed E-state index contributed by atoms with van der Waals surface area (Å²) < 4.78 is 15.4. The molecule has 2 N–H and O–H groups in total. The molecule has 0 aromatic rings. The van der Waals surface area contributed by atoms with Gasteiger partial charge in [-0.15, -0.1) is 5.92 Å². The molecule has 0 aliphatic carbocycles. The first-order valence-corrected chi connectivity index (χ1v) is 13.9. The van der Waals surface area contributed by atoms with Gasteiger partial charge < -0.3 is 9.79 Å². The Balaban J connectivity index is 3.37. The normalized spacial score (nSPS) is 12.6. The SMILES string of the molecule is CC#CC(COP(=O)(O)O)CSCCCCCCCCCCCCCCCC. The minimum atomic E-state index is -4.40. The van der Waals surface area contributed by atoms with Crippen molar-refractivity contribution in [1.29, 1.82) is 0 Å². The van der Waals surface area contributed by atoms with Crippen LogP contribution >= 0.6 is 19.6 Å². The van der Waals surface area contributed by atoms with Gasteiger partial charge in [-0.2, -0.15) is 11.8 Å². The van der Waals surface area contributed by atoms with Crippen molar-refractivity contribution in [2.45, 2.75) is 104 Å². The molecule has 0 aliphatic heterocycles. The second kappa shape index (κ2) is 20.3. The average Bonchev–Trinajstić information content (AvgIpc) is 2.65. The van der Waals surface area contributed by atoms with Crippen LogP contribution in [0.15, 0.2) is 0 Å². The molecule has 6 heteroatoms. The molecule has 4 nitrogen and oxygen atoms in total. The Labute approximate surface area is 178 Å². The van der Waals surface area contributed by atoms with Gasteiger partial charge in [0.2, 0.25) is 0 Å². The lowest BCUT2D eigenvalue weighted by Gasteiger charge is -2.11. The van der Waals surface area contributed by atoms with Crippen molar-refractivity contribution < 1.29 is 18.9 Å². The van der Waals surface area contributed by atoms with Crippen LogP contribution in [0, 0.1) is 17.8 Å². The van der Waals surface area contributed by atoms with Crippen molar-refractivity contribution >= 4 is 19.6 Å². The first-order chi connectivity index (χ1) is 13.5. The fourth-order valence-corrected chi connectivity index (χ4v) is 4.56. The predicted octanol–water partition coefficient (Wildman–Crippen LogP) is 6.95. The summed E-state index contributed by atoms with van der Waals surface area (Å²) in [6.07, 6.45) is 19.1. The third-order valence-corrected chi connectivity index (χ3v) is 6.45. The van der Waals surface area contributed by atoms with Gasteiger partial charge in [-0.25, -0.2) is 4.57 Å². The fraction of sp³-hybridized carbons (Fsp3) is 0.909. The molecule has 28 heavy (non-hydrogen) atoms. The zero-order valence-corrected chi connectivity index (χ0v) is 19.9. The Morgan fingerprint density at radius 3 is 1.75 bits per heavy atom. The van der Waals surface area contributed by atoms with Crippen LogP contribution in [0.5, 0.6) is 0 Å². The second-order valence-corrected chi connectivity index (χ2v) is 9.94. The number of hydrogen-bond donors (Lipinski definition) is 2. The maximum Gasteiger partial charge on any atom is 0.469 e. The molecule has 0 amide bonds. The third kappa shape index (κ3) is 22.3. The highest BCUT2D eigenvalue weighted by molar-refractivity contribution is 7.99. The maximum absolute atomic E-state index is 10.8. The van der Waals surface area contributed by atoms with E-state index in [-0.39, 0.29) is 12.5 Å². The van der Waals surface area contributed by atoms with Gasteiger partial charge in [0.1, 0.15) is 0 Å². The summed E-state index contributed by atoms with van der Waals surface area (Å²) in [6.45, 7) is 4.01. The van der Waals surface area contributed by atoms with E-state index >= 15 is 0 Å². The van der Waals surface area contributed by atoms with Crippen LogP contribution < -0.4 is 0 Å². The highest BCUT2D eigenvalue weighted by Gasteiger charge is 2.17. The molecule has 0 fully saturated rings. The lowest BCUT2D eigenvalue weighted by atomic mass is 10.0. The summed E-state index contributed by atoms with van der Waals surface area (Å²) in [4.78, 5) is 17.6. The number of rotatable bonds is 20. The summed E-state index contributed by atoms with van der Waals surface area (Å²) in [5, 5.41) is 0. The quantitative estimate of drug-likeness (QED) is 0.123. The first-order valence-electron chi connectivity index (χ1n) is 11.2. The maximum atomic E-state index is 10.8. The van der Waals surface area contributed by atoms with Gasteiger partial charge >= 0.3 is 7.82 Å². The Morgan fingerprint density at radius 1 is 0.857 bits per heavy atom. The van der Waals surface area contributed by atoms with Gasteiger partial charge in [0.25, 0.3) is 0 Å². The van der Waals surface area contributed by atoms with Crippen LogP contribution in [-0.2, 0) is 9.09 Å². The van der Waals surface area contributed by atoms with Gasteiger partial charge in [-0.1, -0.05) is 96.3 Å². The Morgan fingerprint density at radius 2 is 1.32 bits per heavy atom. The zero-order chi connectivity index (χ0) is 20.9. The van der Waals surface area contributed by atoms with E-state index in [4.69, 9.17) is 9.79 Å². The third-order valence-electron chi connectivity index (χ3n) is 4.75. The summed E-state index contributed by atoms with van der Waals surface area (Å²) in [5.74, 6) is 7.51. The summed E-state index contributed by atoms with van der Waals surface area (Å²) >= 11 is 1.80. The first kappa shape index (κ1) is 28.0. The summed E-state index contributed by atoms with van der Waals surface area (Å²) in [6, 6.07) is 0. The van der Waals surface area contributed by atoms with Gasteiger partial charge in [-0.05, 0) is 19.1 Å². The molecule has 1 atom stereocenters. The predicted molar refractivity (Wildman–Crippen MR) is 123 cm³/mol. The number of phosphoric ester groups is 1. The van der Waals surface area contributed by atoms with E-state index in [1.807, 2.05) is 0 Å². The van der Waals surface area contributed by atoms with Crippen LogP contribution in [0.1, 0.15) is 104 Å². The van der Waals surface area contributed by atoms with Crippen molar-refractivity contribution in [1.82, 2.24) is 0 Å². The molecule has 0 rings (SSSR count). The highest BCUT2D eigenvalue weighted by atomic mass is 32.2. The molecule has 0 radical (unpaired) electrons. The van der Waals surface area contributed by atoms with E-state index in [1.54, 1.807) is 18.7 Å². The number of thioether (sulfide) groups is 1. The van der Waals surface area contributed by atoms with E-state index < -0.39 is 7.82 Å². The fourth-order valence-electron chi connectivity index (χ4n) is 3.15. The van der Waals surface area contributed by atoms with Gasteiger partial charge in [0.05, 0.1) is 12.5 Å². The van der Waals surface area contributed by atoms with Crippen LogP contribution in [0.25, 0.3) is 0 Å². The Bertz CT molecular complexity index is 442. The molecule has 0 saturated heterocycles. The average molecular weight is 435 g/mol. The van der Waals surface area contributed by atoms with Gasteiger partial charge in [0, 0.05) is 5.75 Å². The standard InChI is InChI=1S/C22H43O4PS/c1-3-5-6-7-8-9-10-11-12-13-14-15-16-17-19-28-21-22(18-4-2)20-26-27(23,24)25/h22H,3,5-17,19-21H2,1-2H3,(H2,23,24,25). The topological polar surface area (TPSA) is 66.8 Å². The molecular weight excluding hydrogens is 391 g/mol. The lowest BCUT2D eigenvalue weighted by molar-refractivity contribution is 0.186. The minimum Gasteiger partial charge on any atom is -0.303 e. The van der Waals surface area contributed by atoms with E-state index in [1.165, 1.54) is 89.9 Å².